The van der Waals surface area contributed by atoms with E-state index in [4.69, 9.17) is 27.6 Å². The lowest BCUT2D eigenvalue weighted by atomic mass is 10.1. The Morgan fingerprint density at radius 1 is 1.17 bits per heavy atom. The van der Waals surface area contributed by atoms with Crippen molar-refractivity contribution in [1.29, 1.82) is 0 Å². The number of rotatable bonds is 3. The molecule has 0 aliphatic carbocycles. The van der Waals surface area contributed by atoms with E-state index in [1.165, 1.54) is 24.3 Å². The number of benzene rings is 1. The van der Waals surface area contributed by atoms with Gasteiger partial charge >= 0.3 is 5.88 Å². The van der Waals surface area contributed by atoms with Crippen LogP contribution in [0.5, 0.6) is 0 Å². The minimum Gasteiger partial charge on any atom is -0.397 e. The minimum atomic E-state index is -0.717. The molecule has 0 amide bonds. The van der Waals surface area contributed by atoms with Crippen molar-refractivity contribution in [2.75, 3.05) is 0 Å². The van der Waals surface area contributed by atoms with Gasteiger partial charge in [-0.05, 0) is 24.3 Å². The van der Waals surface area contributed by atoms with Gasteiger partial charge in [0.2, 0.25) is 5.78 Å². The molecule has 0 saturated carbocycles. The predicted molar refractivity (Wildman–Crippen MR) is 65.3 cm³/mol. The van der Waals surface area contributed by atoms with Gasteiger partial charge in [-0.2, -0.15) is 0 Å². The summed E-state index contributed by atoms with van der Waals surface area (Å²) in [4.78, 5) is 21.6. The summed E-state index contributed by atoms with van der Waals surface area (Å²) in [5, 5.41) is 11.0. The van der Waals surface area contributed by atoms with E-state index >= 15 is 0 Å². The van der Waals surface area contributed by atoms with Gasteiger partial charge in [-0.15, -0.1) is 0 Å². The normalized spacial score (nSPS) is 10.3. The first-order valence-electron chi connectivity index (χ1n) is 4.73. The number of ketones is 1. The van der Waals surface area contributed by atoms with Gasteiger partial charge in [0.15, 0.2) is 5.76 Å². The summed E-state index contributed by atoms with van der Waals surface area (Å²) >= 11 is 11.5. The summed E-state index contributed by atoms with van der Waals surface area (Å²) in [6, 6.07) is 6.66. The standard InChI is InChI=1S/C11H5Cl2NO4/c12-7-2-1-6(5-8(7)13)11(15)9-3-4-10(18-9)14(16)17/h1-5H. The molecule has 92 valence electrons. The van der Waals surface area contributed by atoms with Crippen molar-refractivity contribution >= 4 is 34.9 Å². The highest BCUT2D eigenvalue weighted by molar-refractivity contribution is 6.42. The molecule has 2 aromatic rings. The Bertz CT molecular complexity index is 636. The smallest absolute Gasteiger partial charge is 0.397 e. The van der Waals surface area contributed by atoms with Gasteiger partial charge in [-0.25, -0.2) is 0 Å². The largest absolute Gasteiger partial charge is 0.433 e. The third-order valence-corrected chi connectivity index (χ3v) is 2.92. The van der Waals surface area contributed by atoms with Crippen molar-refractivity contribution in [2.24, 2.45) is 0 Å². The molecule has 0 spiro atoms. The van der Waals surface area contributed by atoms with Crippen molar-refractivity contribution in [3.8, 4) is 0 Å². The highest BCUT2D eigenvalue weighted by Crippen LogP contribution is 2.25. The van der Waals surface area contributed by atoms with E-state index in [9.17, 15) is 14.9 Å². The van der Waals surface area contributed by atoms with Crippen LogP contribution >= 0.6 is 23.2 Å². The highest BCUT2D eigenvalue weighted by Gasteiger charge is 2.19. The van der Waals surface area contributed by atoms with Crippen LogP contribution in [0.15, 0.2) is 34.7 Å². The van der Waals surface area contributed by atoms with Crippen molar-refractivity contribution in [2.45, 2.75) is 0 Å². The molecule has 1 aromatic heterocycles. The maximum absolute atomic E-state index is 11.9. The zero-order valence-corrected chi connectivity index (χ0v) is 10.2. The predicted octanol–water partition coefficient (Wildman–Crippen LogP) is 3.73. The fraction of sp³-hybridized carbons (Fsp3) is 0. The number of carbonyl (C=O) groups excluding carboxylic acids is 1. The van der Waals surface area contributed by atoms with E-state index in [-0.39, 0.29) is 16.3 Å². The van der Waals surface area contributed by atoms with E-state index in [0.717, 1.165) is 6.07 Å². The van der Waals surface area contributed by atoms with Gasteiger partial charge in [0.1, 0.15) is 4.92 Å². The van der Waals surface area contributed by atoms with Crippen LogP contribution in [0.4, 0.5) is 5.88 Å². The van der Waals surface area contributed by atoms with Crippen molar-refractivity contribution in [3.05, 3.63) is 61.8 Å². The molecule has 0 N–H and O–H groups in total. The maximum atomic E-state index is 11.9. The molecule has 0 saturated heterocycles. The Morgan fingerprint density at radius 2 is 1.89 bits per heavy atom. The number of halogens is 2. The SMILES string of the molecule is O=C(c1ccc(Cl)c(Cl)c1)c1ccc([N+](=O)[O-])o1. The summed E-state index contributed by atoms with van der Waals surface area (Å²) < 4.78 is 4.81. The number of nitrogens with zero attached hydrogens (tertiary/aromatic N) is 1. The Hall–Kier alpha value is -1.85. The molecule has 0 aliphatic heterocycles. The van der Waals surface area contributed by atoms with Gasteiger partial charge in [0.05, 0.1) is 16.1 Å². The third kappa shape index (κ3) is 2.37. The van der Waals surface area contributed by atoms with E-state index in [0.29, 0.717) is 5.02 Å². The van der Waals surface area contributed by atoms with Gasteiger partial charge in [-0.3, -0.25) is 14.9 Å². The van der Waals surface area contributed by atoms with E-state index < -0.39 is 16.6 Å². The van der Waals surface area contributed by atoms with Crippen molar-refractivity contribution in [1.82, 2.24) is 0 Å². The lowest BCUT2D eigenvalue weighted by Crippen LogP contribution is -1.99. The number of furan rings is 1. The molecule has 18 heavy (non-hydrogen) atoms. The Labute approximate surface area is 111 Å². The Kier molecular flexibility index (Phi) is 3.36. The molecule has 2 rings (SSSR count). The summed E-state index contributed by atoms with van der Waals surface area (Å²) in [6.07, 6.45) is 0. The molecule has 0 unspecified atom stereocenters. The summed E-state index contributed by atoms with van der Waals surface area (Å²) in [5.74, 6) is -1.11. The molecular weight excluding hydrogens is 281 g/mol. The number of hydrogen-bond donors (Lipinski definition) is 0. The molecule has 5 nitrogen and oxygen atoms in total. The molecule has 0 aliphatic rings. The Balaban J connectivity index is 2.35. The average molecular weight is 286 g/mol. The van der Waals surface area contributed by atoms with Crippen LogP contribution in [0.1, 0.15) is 16.1 Å². The number of nitro groups is 1. The summed E-state index contributed by atoms with van der Waals surface area (Å²) in [6.45, 7) is 0. The van der Waals surface area contributed by atoms with Crippen molar-refractivity contribution in [3.63, 3.8) is 0 Å². The van der Waals surface area contributed by atoms with Crippen LogP contribution < -0.4 is 0 Å². The summed E-state index contributed by atoms with van der Waals surface area (Å²) in [7, 11) is 0. The number of carbonyl (C=O) groups is 1. The third-order valence-electron chi connectivity index (χ3n) is 2.18. The minimum absolute atomic E-state index is 0.125. The molecule has 0 fully saturated rings. The first kappa shape index (κ1) is 12.6. The molecule has 1 aromatic carbocycles. The fourth-order valence-corrected chi connectivity index (χ4v) is 1.63. The molecule has 0 atom stereocenters. The van der Waals surface area contributed by atoms with Crippen LogP contribution in [0.3, 0.4) is 0 Å². The lowest BCUT2D eigenvalue weighted by Gasteiger charge is -1.99. The Morgan fingerprint density at radius 3 is 2.44 bits per heavy atom. The topological polar surface area (TPSA) is 73.3 Å². The van der Waals surface area contributed by atoms with Crippen LogP contribution in [0, 0.1) is 10.1 Å². The first-order chi connectivity index (χ1) is 8.49. The first-order valence-corrected chi connectivity index (χ1v) is 5.48. The fourth-order valence-electron chi connectivity index (χ4n) is 1.33. The van der Waals surface area contributed by atoms with Gasteiger partial charge in [0.25, 0.3) is 0 Å². The second-order valence-electron chi connectivity index (χ2n) is 3.35. The van der Waals surface area contributed by atoms with Crippen LogP contribution in [0.25, 0.3) is 0 Å². The molecule has 0 radical (unpaired) electrons. The quantitative estimate of drug-likeness (QED) is 0.489. The molecular formula is C11H5Cl2NO4. The van der Waals surface area contributed by atoms with E-state index in [1.54, 1.807) is 0 Å². The van der Waals surface area contributed by atoms with E-state index in [1.807, 2.05) is 0 Å². The van der Waals surface area contributed by atoms with Gasteiger partial charge < -0.3 is 4.42 Å². The zero-order chi connectivity index (χ0) is 13.3. The van der Waals surface area contributed by atoms with Gasteiger partial charge in [0, 0.05) is 5.56 Å². The molecule has 7 heteroatoms. The van der Waals surface area contributed by atoms with Crippen LogP contribution in [-0.2, 0) is 0 Å². The molecule has 1 heterocycles. The zero-order valence-electron chi connectivity index (χ0n) is 8.72. The highest BCUT2D eigenvalue weighted by atomic mass is 35.5. The second kappa shape index (κ2) is 4.80. The van der Waals surface area contributed by atoms with E-state index in [2.05, 4.69) is 0 Å². The van der Waals surface area contributed by atoms with Gasteiger partial charge in [-0.1, -0.05) is 23.2 Å². The molecule has 0 bridgehead atoms. The maximum Gasteiger partial charge on any atom is 0.433 e. The second-order valence-corrected chi connectivity index (χ2v) is 4.17. The van der Waals surface area contributed by atoms with Crippen LogP contribution in [-0.4, -0.2) is 10.7 Å². The van der Waals surface area contributed by atoms with Crippen LogP contribution in [0.2, 0.25) is 10.0 Å². The number of hydrogen-bond acceptors (Lipinski definition) is 4. The average Bonchev–Trinajstić information content (AvgIpc) is 2.81. The lowest BCUT2D eigenvalue weighted by molar-refractivity contribution is -0.402. The summed E-state index contributed by atoms with van der Waals surface area (Å²) in [5.41, 5.74) is 0.244. The monoisotopic (exact) mass is 285 g/mol. The van der Waals surface area contributed by atoms with Crippen molar-refractivity contribution < 1.29 is 14.1 Å².